The lowest BCUT2D eigenvalue weighted by atomic mass is 9.80. The number of nitrogens with zero attached hydrogens (tertiary/aromatic N) is 1. The van der Waals surface area contributed by atoms with Crippen molar-refractivity contribution in [3.05, 3.63) is 65.7 Å². The first-order valence-electron chi connectivity index (χ1n) is 9.77. The van der Waals surface area contributed by atoms with Crippen molar-refractivity contribution in [3.63, 3.8) is 0 Å². The number of aryl methyl sites for hydroxylation is 1. The number of sulfonamides is 1. The molecule has 0 bridgehead atoms. The van der Waals surface area contributed by atoms with Gasteiger partial charge in [-0.1, -0.05) is 61.4 Å². The van der Waals surface area contributed by atoms with Crippen LogP contribution in [0.3, 0.4) is 0 Å². The summed E-state index contributed by atoms with van der Waals surface area (Å²) in [5, 5.41) is 0. The third kappa shape index (κ3) is 3.12. The lowest BCUT2D eigenvalue weighted by molar-refractivity contribution is -0.178. The Morgan fingerprint density at radius 1 is 1.07 bits per heavy atom. The maximum absolute atomic E-state index is 13.5. The number of hydrogen-bond acceptors (Lipinski definition) is 3. The van der Waals surface area contributed by atoms with Gasteiger partial charge in [0.1, 0.15) is 6.23 Å². The van der Waals surface area contributed by atoms with Gasteiger partial charge in [0.05, 0.1) is 10.9 Å². The highest BCUT2D eigenvalue weighted by molar-refractivity contribution is 7.89. The molecule has 1 aliphatic carbocycles. The van der Waals surface area contributed by atoms with Crippen molar-refractivity contribution in [3.8, 4) is 0 Å². The number of unbranched alkanes of at least 4 members (excludes halogenated alkanes) is 1. The Morgan fingerprint density at radius 2 is 1.74 bits per heavy atom. The fraction of sp³-hybridized carbons (Fsp3) is 0.455. The van der Waals surface area contributed by atoms with Crippen molar-refractivity contribution in [1.82, 2.24) is 4.31 Å². The van der Waals surface area contributed by atoms with E-state index < -0.39 is 10.0 Å². The SMILES string of the molecule is CCCCOC1N(S(=O)(=O)c2ccc(C)cc2)C(c2ccccc2)C12CC2. The second kappa shape index (κ2) is 7.04. The highest BCUT2D eigenvalue weighted by Crippen LogP contribution is 2.70. The third-order valence-electron chi connectivity index (χ3n) is 5.83. The molecule has 27 heavy (non-hydrogen) atoms. The van der Waals surface area contributed by atoms with Crippen LogP contribution in [0.25, 0.3) is 0 Å². The van der Waals surface area contributed by atoms with E-state index in [0.717, 1.165) is 36.8 Å². The highest BCUT2D eigenvalue weighted by atomic mass is 32.2. The average Bonchev–Trinajstić information content (AvgIpc) is 3.47. The summed E-state index contributed by atoms with van der Waals surface area (Å²) in [6.45, 7) is 4.68. The highest BCUT2D eigenvalue weighted by Gasteiger charge is 2.72. The molecule has 1 spiro atoms. The van der Waals surface area contributed by atoms with Gasteiger partial charge >= 0.3 is 0 Å². The maximum atomic E-state index is 13.5. The Kier molecular flexibility index (Phi) is 4.87. The van der Waals surface area contributed by atoms with Crippen LogP contribution < -0.4 is 0 Å². The summed E-state index contributed by atoms with van der Waals surface area (Å²) in [5.74, 6) is 0. The van der Waals surface area contributed by atoms with Crippen molar-refractivity contribution >= 4 is 10.0 Å². The molecule has 144 valence electrons. The van der Waals surface area contributed by atoms with Crippen LogP contribution in [-0.4, -0.2) is 25.6 Å². The zero-order chi connectivity index (χ0) is 19.1. The van der Waals surface area contributed by atoms with Gasteiger partial charge < -0.3 is 4.74 Å². The minimum absolute atomic E-state index is 0.0626. The van der Waals surface area contributed by atoms with Gasteiger partial charge in [-0.05, 0) is 43.9 Å². The fourth-order valence-corrected chi connectivity index (χ4v) is 6.01. The third-order valence-corrected chi connectivity index (χ3v) is 7.66. The molecular weight excluding hydrogens is 358 g/mol. The predicted octanol–water partition coefficient (Wildman–Crippen LogP) is 4.66. The molecular formula is C22H27NO3S. The zero-order valence-corrected chi connectivity index (χ0v) is 16.8. The second-order valence-electron chi connectivity index (χ2n) is 7.77. The van der Waals surface area contributed by atoms with Crippen LogP contribution in [0.15, 0.2) is 59.5 Å². The van der Waals surface area contributed by atoms with Crippen molar-refractivity contribution in [2.24, 2.45) is 5.41 Å². The van der Waals surface area contributed by atoms with Gasteiger partial charge in [0.25, 0.3) is 0 Å². The first-order valence-corrected chi connectivity index (χ1v) is 11.2. The molecule has 0 amide bonds. The smallest absolute Gasteiger partial charge is 0.245 e. The minimum atomic E-state index is -3.63. The molecule has 2 atom stereocenters. The summed E-state index contributed by atoms with van der Waals surface area (Å²) in [6, 6.07) is 17.0. The Labute approximate surface area is 162 Å². The van der Waals surface area contributed by atoms with Crippen molar-refractivity contribution in [2.75, 3.05) is 6.61 Å². The molecule has 2 aliphatic rings. The lowest BCUT2D eigenvalue weighted by Crippen LogP contribution is -2.63. The predicted molar refractivity (Wildman–Crippen MR) is 106 cm³/mol. The van der Waals surface area contributed by atoms with Gasteiger partial charge in [0, 0.05) is 12.0 Å². The first kappa shape index (κ1) is 18.7. The van der Waals surface area contributed by atoms with Crippen LogP contribution in [0.1, 0.15) is 49.8 Å². The Hall–Kier alpha value is -1.69. The van der Waals surface area contributed by atoms with Crippen molar-refractivity contribution in [1.29, 1.82) is 0 Å². The van der Waals surface area contributed by atoms with E-state index in [1.165, 1.54) is 0 Å². The summed E-state index contributed by atoms with van der Waals surface area (Å²) in [4.78, 5) is 0.341. The van der Waals surface area contributed by atoms with E-state index in [1.54, 1.807) is 16.4 Å². The quantitative estimate of drug-likeness (QED) is 0.651. The summed E-state index contributed by atoms with van der Waals surface area (Å²) >= 11 is 0. The minimum Gasteiger partial charge on any atom is -0.361 e. The van der Waals surface area contributed by atoms with Crippen LogP contribution >= 0.6 is 0 Å². The Morgan fingerprint density at radius 3 is 2.33 bits per heavy atom. The topological polar surface area (TPSA) is 46.6 Å². The normalized spacial score (nSPS) is 23.9. The monoisotopic (exact) mass is 385 g/mol. The largest absolute Gasteiger partial charge is 0.361 e. The van der Waals surface area contributed by atoms with E-state index >= 15 is 0 Å². The van der Waals surface area contributed by atoms with Gasteiger partial charge in [-0.15, -0.1) is 0 Å². The molecule has 2 aromatic rings. The van der Waals surface area contributed by atoms with E-state index in [4.69, 9.17) is 4.74 Å². The summed E-state index contributed by atoms with van der Waals surface area (Å²) in [7, 11) is -3.63. The van der Waals surface area contributed by atoms with E-state index in [-0.39, 0.29) is 17.7 Å². The molecule has 4 rings (SSSR count). The molecule has 5 heteroatoms. The molecule has 2 fully saturated rings. The molecule has 2 unspecified atom stereocenters. The van der Waals surface area contributed by atoms with Gasteiger partial charge in [0.15, 0.2) is 0 Å². The standard InChI is InChI=1S/C22H27NO3S/c1-3-4-16-26-21-22(14-15-22)20(18-8-6-5-7-9-18)23(21)27(24,25)19-12-10-17(2)11-13-19/h5-13,20-21H,3-4,14-16H2,1-2H3. The van der Waals surface area contributed by atoms with Crippen LogP contribution in [-0.2, 0) is 14.8 Å². The number of benzene rings is 2. The van der Waals surface area contributed by atoms with Crippen molar-refractivity contribution < 1.29 is 13.2 Å². The maximum Gasteiger partial charge on any atom is 0.245 e. The van der Waals surface area contributed by atoms with E-state index in [9.17, 15) is 8.42 Å². The van der Waals surface area contributed by atoms with Crippen molar-refractivity contribution in [2.45, 2.75) is 56.7 Å². The van der Waals surface area contributed by atoms with Gasteiger partial charge in [-0.2, -0.15) is 4.31 Å². The number of hydrogen-bond donors (Lipinski definition) is 0. The zero-order valence-electron chi connectivity index (χ0n) is 16.0. The molecule has 0 radical (unpaired) electrons. The average molecular weight is 386 g/mol. The Bertz CT molecular complexity index is 889. The molecule has 1 saturated carbocycles. The first-order chi connectivity index (χ1) is 13.0. The van der Waals surface area contributed by atoms with Gasteiger partial charge in [0.2, 0.25) is 10.0 Å². The Balaban J connectivity index is 1.72. The van der Waals surface area contributed by atoms with E-state index in [0.29, 0.717) is 11.5 Å². The summed E-state index contributed by atoms with van der Waals surface area (Å²) < 4.78 is 34.8. The lowest BCUT2D eigenvalue weighted by Gasteiger charge is -2.54. The number of rotatable bonds is 7. The van der Waals surface area contributed by atoms with E-state index in [2.05, 4.69) is 6.92 Å². The molecule has 4 nitrogen and oxygen atoms in total. The molecule has 0 aromatic heterocycles. The molecule has 1 aliphatic heterocycles. The van der Waals surface area contributed by atoms with Gasteiger partial charge in [-0.3, -0.25) is 0 Å². The van der Waals surface area contributed by atoms with Crippen LogP contribution in [0.5, 0.6) is 0 Å². The van der Waals surface area contributed by atoms with Gasteiger partial charge in [-0.25, -0.2) is 8.42 Å². The molecule has 1 heterocycles. The molecule has 2 aromatic carbocycles. The molecule has 1 saturated heterocycles. The van der Waals surface area contributed by atoms with Crippen LogP contribution in [0, 0.1) is 12.3 Å². The number of ether oxygens (including phenoxy) is 1. The van der Waals surface area contributed by atoms with E-state index in [1.807, 2.05) is 49.4 Å². The van der Waals surface area contributed by atoms with Crippen LogP contribution in [0.2, 0.25) is 0 Å². The summed E-state index contributed by atoms with van der Waals surface area (Å²) in [5.41, 5.74) is 2.04. The second-order valence-corrected chi connectivity index (χ2v) is 9.61. The fourth-order valence-electron chi connectivity index (χ4n) is 4.15. The van der Waals surface area contributed by atoms with Crippen LogP contribution in [0.4, 0.5) is 0 Å². The summed E-state index contributed by atoms with van der Waals surface area (Å²) in [6.07, 6.45) is 3.65. The molecule has 0 N–H and O–H groups in total.